The van der Waals surface area contributed by atoms with Crippen LogP contribution in [-0.4, -0.2) is 29.1 Å². The molecule has 0 amide bonds. The summed E-state index contributed by atoms with van der Waals surface area (Å²) in [5.41, 5.74) is 2.32. The van der Waals surface area contributed by atoms with Gasteiger partial charge in [0.25, 0.3) is 0 Å². The number of hydrogen-bond acceptors (Lipinski definition) is 2. The molecule has 1 fully saturated rings. The second kappa shape index (κ2) is 6.63. The van der Waals surface area contributed by atoms with E-state index in [9.17, 15) is 9.90 Å². The SMILES string of the molecule is O=C(O)[C@H]1CN(Cc2ccccc2)C[C@@H]1c1cccc(Br)c1. The summed E-state index contributed by atoms with van der Waals surface area (Å²) < 4.78 is 0.996. The van der Waals surface area contributed by atoms with Crippen LogP contribution in [0.15, 0.2) is 59.1 Å². The molecule has 1 N–H and O–H groups in total. The number of carbonyl (C=O) groups is 1. The van der Waals surface area contributed by atoms with Gasteiger partial charge in [-0.1, -0.05) is 58.4 Å². The van der Waals surface area contributed by atoms with Crippen LogP contribution in [0.25, 0.3) is 0 Å². The van der Waals surface area contributed by atoms with Gasteiger partial charge in [-0.25, -0.2) is 0 Å². The van der Waals surface area contributed by atoms with Gasteiger partial charge in [0.15, 0.2) is 0 Å². The van der Waals surface area contributed by atoms with Crippen LogP contribution in [-0.2, 0) is 11.3 Å². The summed E-state index contributed by atoms with van der Waals surface area (Å²) >= 11 is 3.47. The van der Waals surface area contributed by atoms with Crippen LogP contribution >= 0.6 is 15.9 Å². The number of aliphatic carboxylic acids is 1. The van der Waals surface area contributed by atoms with Gasteiger partial charge in [0.2, 0.25) is 0 Å². The number of carboxylic acids is 1. The van der Waals surface area contributed by atoms with Crippen molar-refractivity contribution in [1.29, 1.82) is 0 Å². The average molecular weight is 360 g/mol. The van der Waals surface area contributed by atoms with Gasteiger partial charge >= 0.3 is 5.97 Å². The molecule has 0 unspecified atom stereocenters. The van der Waals surface area contributed by atoms with Crippen LogP contribution < -0.4 is 0 Å². The van der Waals surface area contributed by atoms with Gasteiger partial charge in [0, 0.05) is 30.0 Å². The lowest BCUT2D eigenvalue weighted by Gasteiger charge is -2.16. The summed E-state index contributed by atoms with van der Waals surface area (Å²) in [6.45, 7) is 2.18. The predicted molar refractivity (Wildman–Crippen MR) is 89.7 cm³/mol. The molecule has 3 nitrogen and oxygen atoms in total. The lowest BCUT2D eigenvalue weighted by atomic mass is 9.89. The fourth-order valence-corrected chi connectivity index (χ4v) is 3.60. The van der Waals surface area contributed by atoms with Crippen molar-refractivity contribution in [1.82, 2.24) is 4.90 Å². The molecular weight excluding hydrogens is 342 g/mol. The third kappa shape index (κ3) is 3.39. The van der Waals surface area contributed by atoms with Crippen LogP contribution in [0.4, 0.5) is 0 Å². The third-order valence-electron chi connectivity index (χ3n) is 4.24. The molecular formula is C18H18BrNO2. The van der Waals surface area contributed by atoms with E-state index in [2.05, 4.69) is 33.0 Å². The van der Waals surface area contributed by atoms with E-state index in [1.54, 1.807) is 0 Å². The van der Waals surface area contributed by atoms with E-state index in [4.69, 9.17) is 0 Å². The number of likely N-dealkylation sites (tertiary alicyclic amines) is 1. The molecule has 2 atom stereocenters. The first-order valence-electron chi connectivity index (χ1n) is 7.38. The first-order valence-corrected chi connectivity index (χ1v) is 8.17. The highest BCUT2D eigenvalue weighted by molar-refractivity contribution is 9.10. The first-order chi connectivity index (χ1) is 10.6. The Labute approximate surface area is 138 Å². The van der Waals surface area contributed by atoms with Crippen LogP contribution in [0.3, 0.4) is 0 Å². The van der Waals surface area contributed by atoms with Gasteiger partial charge in [-0.2, -0.15) is 0 Å². The summed E-state index contributed by atoms with van der Waals surface area (Å²) in [6, 6.07) is 18.2. The molecule has 114 valence electrons. The minimum atomic E-state index is -0.708. The average Bonchev–Trinajstić information content (AvgIpc) is 2.92. The van der Waals surface area contributed by atoms with Gasteiger partial charge in [-0.15, -0.1) is 0 Å². The molecule has 1 aliphatic rings. The Balaban J connectivity index is 1.79. The number of halogens is 1. The van der Waals surface area contributed by atoms with Gasteiger partial charge < -0.3 is 5.11 Å². The summed E-state index contributed by atoms with van der Waals surface area (Å²) in [7, 11) is 0. The van der Waals surface area contributed by atoms with Crippen LogP contribution in [0.5, 0.6) is 0 Å². The summed E-state index contributed by atoms with van der Waals surface area (Å²) in [5.74, 6) is -1.02. The molecule has 22 heavy (non-hydrogen) atoms. The third-order valence-corrected chi connectivity index (χ3v) is 4.73. The highest BCUT2D eigenvalue weighted by Crippen LogP contribution is 2.34. The largest absolute Gasteiger partial charge is 0.481 e. The Hall–Kier alpha value is -1.65. The Morgan fingerprint density at radius 1 is 1.14 bits per heavy atom. The lowest BCUT2D eigenvalue weighted by Crippen LogP contribution is -2.23. The molecule has 2 aromatic rings. The second-order valence-electron chi connectivity index (χ2n) is 5.79. The fourth-order valence-electron chi connectivity index (χ4n) is 3.18. The second-order valence-corrected chi connectivity index (χ2v) is 6.70. The summed E-state index contributed by atoms with van der Waals surface area (Å²) in [6.07, 6.45) is 0. The Morgan fingerprint density at radius 2 is 1.91 bits per heavy atom. The molecule has 0 radical (unpaired) electrons. The summed E-state index contributed by atoms with van der Waals surface area (Å²) in [5, 5.41) is 9.56. The molecule has 0 saturated carbocycles. The van der Waals surface area contributed by atoms with Crippen molar-refractivity contribution in [2.45, 2.75) is 12.5 Å². The van der Waals surface area contributed by atoms with Gasteiger partial charge in [-0.05, 0) is 23.3 Å². The van der Waals surface area contributed by atoms with Crippen molar-refractivity contribution < 1.29 is 9.90 Å². The highest BCUT2D eigenvalue weighted by Gasteiger charge is 2.38. The molecule has 1 heterocycles. The topological polar surface area (TPSA) is 40.5 Å². The zero-order valence-corrected chi connectivity index (χ0v) is 13.7. The van der Waals surface area contributed by atoms with E-state index in [0.29, 0.717) is 6.54 Å². The maximum Gasteiger partial charge on any atom is 0.308 e. The molecule has 1 aliphatic heterocycles. The van der Waals surface area contributed by atoms with Crippen molar-refractivity contribution in [2.75, 3.05) is 13.1 Å². The van der Waals surface area contributed by atoms with E-state index in [-0.39, 0.29) is 11.8 Å². The molecule has 0 aliphatic carbocycles. The van der Waals surface area contributed by atoms with Gasteiger partial charge in [-0.3, -0.25) is 9.69 Å². The molecule has 2 aromatic carbocycles. The van der Waals surface area contributed by atoms with E-state index in [0.717, 1.165) is 23.1 Å². The van der Waals surface area contributed by atoms with Crippen LogP contribution in [0.1, 0.15) is 17.0 Å². The zero-order chi connectivity index (χ0) is 15.5. The van der Waals surface area contributed by atoms with Crippen LogP contribution in [0.2, 0.25) is 0 Å². The van der Waals surface area contributed by atoms with Crippen LogP contribution in [0, 0.1) is 5.92 Å². The molecule has 0 spiro atoms. The number of hydrogen-bond donors (Lipinski definition) is 1. The number of benzene rings is 2. The minimum absolute atomic E-state index is 0.0405. The smallest absolute Gasteiger partial charge is 0.308 e. The van der Waals surface area contributed by atoms with E-state index < -0.39 is 5.97 Å². The van der Waals surface area contributed by atoms with Crippen molar-refractivity contribution in [3.8, 4) is 0 Å². The van der Waals surface area contributed by atoms with Crippen molar-refractivity contribution >= 4 is 21.9 Å². The maximum atomic E-state index is 11.6. The zero-order valence-electron chi connectivity index (χ0n) is 12.2. The Morgan fingerprint density at radius 3 is 2.59 bits per heavy atom. The van der Waals surface area contributed by atoms with Crippen molar-refractivity contribution in [2.24, 2.45) is 5.92 Å². The number of nitrogens with zero attached hydrogens (tertiary/aromatic N) is 1. The molecule has 1 saturated heterocycles. The highest BCUT2D eigenvalue weighted by atomic mass is 79.9. The van der Waals surface area contributed by atoms with E-state index in [1.165, 1.54) is 5.56 Å². The number of carboxylic acid groups (broad SMARTS) is 1. The lowest BCUT2D eigenvalue weighted by molar-refractivity contribution is -0.141. The normalized spacial score (nSPS) is 21.9. The first kappa shape index (κ1) is 15.3. The molecule has 0 bridgehead atoms. The fraction of sp³-hybridized carbons (Fsp3) is 0.278. The van der Waals surface area contributed by atoms with Crippen molar-refractivity contribution in [3.05, 3.63) is 70.2 Å². The number of rotatable bonds is 4. The quantitative estimate of drug-likeness (QED) is 0.903. The molecule has 4 heteroatoms. The van der Waals surface area contributed by atoms with Crippen molar-refractivity contribution in [3.63, 3.8) is 0 Å². The van der Waals surface area contributed by atoms with E-state index >= 15 is 0 Å². The monoisotopic (exact) mass is 359 g/mol. The Kier molecular flexibility index (Phi) is 4.60. The molecule has 0 aromatic heterocycles. The Bertz CT molecular complexity index is 659. The van der Waals surface area contributed by atoms with Gasteiger partial charge in [0.1, 0.15) is 0 Å². The molecule has 3 rings (SSSR count). The predicted octanol–water partition coefficient (Wildman–Crippen LogP) is 3.75. The maximum absolute atomic E-state index is 11.6. The van der Waals surface area contributed by atoms with Gasteiger partial charge in [0.05, 0.1) is 5.92 Å². The van der Waals surface area contributed by atoms with E-state index in [1.807, 2.05) is 42.5 Å². The minimum Gasteiger partial charge on any atom is -0.481 e. The summed E-state index contributed by atoms with van der Waals surface area (Å²) in [4.78, 5) is 13.9. The standard InChI is InChI=1S/C18H18BrNO2/c19-15-8-4-7-14(9-15)16-11-20(12-17(16)18(21)22)10-13-5-2-1-3-6-13/h1-9,16-17H,10-12H2,(H,21,22)/t16-,17+/m1/s1.